The number of hydrogen-bond donors (Lipinski definition) is 3. The first-order valence-corrected chi connectivity index (χ1v) is 7.37. The van der Waals surface area contributed by atoms with Crippen LogP contribution in [0.25, 0.3) is 0 Å². The van der Waals surface area contributed by atoms with Crippen molar-refractivity contribution in [2.45, 2.75) is 52.9 Å². The molecule has 0 amide bonds. The van der Waals surface area contributed by atoms with Crippen LogP contribution in [0.5, 0.6) is 0 Å². The minimum Gasteiger partial charge on any atom is -0.396 e. The molecule has 0 saturated heterocycles. The van der Waals surface area contributed by atoms with Gasteiger partial charge >= 0.3 is 0 Å². The molecule has 20 heavy (non-hydrogen) atoms. The fraction of sp³-hybridized carbons (Fsp3) is 0.733. The lowest BCUT2D eigenvalue weighted by molar-refractivity contribution is 0.292. The Morgan fingerprint density at radius 1 is 1.05 bits per heavy atom. The van der Waals surface area contributed by atoms with E-state index in [-0.39, 0.29) is 12.0 Å². The molecule has 0 aliphatic rings. The number of aromatic nitrogens is 2. The van der Waals surface area contributed by atoms with Gasteiger partial charge in [-0.25, -0.2) is 9.97 Å². The Kier molecular flexibility index (Phi) is 6.20. The van der Waals surface area contributed by atoms with E-state index in [1.807, 2.05) is 6.92 Å². The molecule has 1 aromatic heterocycles. The van der Waals surface area contributed by atoms with E-state index in [2.05, 4.69) is 48.3 Å². The van der Waals surface area contributed by atoms with Gasteiger partial charge in [0, 0.05) is 30.7 Å². The SMILES string of the molecule is CCCNc1nc(C(C)(C)C)nc(NCCCO)c1C. The zero-order valence-corrected chi connectivity index (χ0v) is 13.4. The smallest absolute Gasteiger partial charge is 0.138 e. The normalized spacial score (nSPS) is 11.5. The summed E-state index contributed by atoms with van der Waals surface area (Å²) in [5.74, 6) is 2.59. The fourth-order valence-electron chi connectivity index (χ4n) is 1.73. The van der Waals surface area contributed by atoms with Gasteiger partial charge in [-0.1, -0.05) is 27.7 Å². The van der Waals surface area contributed by atoms with Crippen molar-refractivity contribution in [3.63, 3.8) is 0 Å². The highest BCUT2D eigenvalue weighted by atomic mass is 16.3. The van der Waals surface area contributed by atoms with E-state index in [1.165, 1.54) is 0 Å². The topological polar surface area (TPSA) is 70.1 Å². The number of nitrogens with one attached hydrogen (secondary N) is 2. The van der Waals surface area contributed by atoms with Crippen molar-refractivity contribution in [2.75, 3.05) is 30.3 Å². The molecule has 0 aliphatic carbocycles. The van der Waals surface area contributed by atoms with E-state index in [4.69, 9.17) is 5.11 Å². The van der Waals surface area contributed by atoms with Crippen LogP contribution in [-0.4, -0.2) is 34.8 Å². The van der Waals surface area contributed by atoms with Gasteiger partial charge in [0.1, 0.15) is 17.5 Å². The van der Waals surface area contributed by atoms with Crippen LogP contribution in [0, 0.1) is 6.92 Å². The van der Waals surface area contributed by atoms with Crippen LogP contribution < -0.4 is 10.6 Å². The Hall–Kier alpha value is -1.36. The number of anilines is 2. The van der Waals surface area contributed by atoms with Crippen LogP contribution >= 0.6 is 0 Å². The van der Waals surface area contributed by atoms with Crippen LogP contribution in [0.2, 0.25) is 0 Å². The quantitative estimate of drug-likeness (QED) is 0.670. The highest BCUT2D eigenvalue weighted by Gasteiger charge is 2.20. The van der Waals surface area contributed by atoms with Crippen molar-refractivity contribution in [2.24, 2.45) is 0 Å². The van der Waals surface area contributed by atoms with Crippen molar-refractivity contribution in [3.8, 4) is 0 Å². The summed E-state index contributed by atoms with van der Waals surface area (Å²) in [5, 5.41) is 15.5. The lowest BCUT2D eigenvalue weighted by Gasteiger charge is -2.21. The Labute approximate surface area is 122 Å². The third kappa shape index (κ3) is 4.63. The number of hydrogen-bond acceptors (Lipinski definition) is 5. The summed E-state index contributed by atoms with van der Waals surface area (Å²) in [5.41, 5.74) is 0.938. The van der Waals surface area contributed by atoms with Crippen LogP contribution in [0.15, 0.2) is 0 Å². The van der Waals surface area contributed by atoms with Crippen LogP contribution in [0.3, 0.4) is 0 Å². The van der Waals surface area contributed by atoms with Crippen LogP contribution in [-0.2, 0) is 5.41 Å². The Morgan fingerprint density at radius 3 is 2.05 bits per heavy atom. The zero-order valence-electron chi connectivity index (χ0n) is 13.4. The molecule has 5 heteroatoms. The summed E-state index contributed by atoms with van der Waals surface area (Å²) in [6.07, 6.45) is 1.77. The molecule has 0 aliphatic heterocycles. The molecule has 0 saturated carbocycles. The average molecular weight is 280 g/mol. The highest BCUT2D eigenvalue weighted by molar-refractivity contribution is 5.57. The van der Waals surface area contributed by atoms with Gasteiger partial charge in [0.25, 0.3) is 0 Å². The molecule has 0 atom stereocenters. The number of aliphatic hydroxyl groups is 1. The van der Waals surface area contributed by atoms with Gasteiger partial charge in [-0.2, -0.15) is 0 Å². The zero-order chi connectivity index (χ0) is 15.2. The third-order valence-electron chi connectivity index (χ3n) is 2.99. The standard InChI is InChI=1S/C15H28N4O/c1-6-8-16-12-11(2)13(17-9-7-10-20)19-14(18-12)15(3,4)5/h20H,6-10H2,1-5H3,(H2,16,17,18,19). The lowest BCUT2D eigenvalue weighted by Crippen LogP contribution is -2.20. The number of nitrogens with zero attached hydrogens (tertiary/aromatic N) is 2. The Balaban J connectivity index is 3.06. The molecule has 0 bridgehead atoms. The summed E-state index contributed by atoms with van der Waals surface area (Å²) < 4.78 is 0. The van der Waals surface area contributed by atoms with E-state index in [0.29, 0.717) is 13.0 Å². The maximum absolute atomic E-state index is 8.88. The van der Waals surface area contributed by atoms with Crippen molar-refractivity contribution < 1.29 is 5.11 Å². The number of aliphatic hydroxyl groups excluding tert-OH is 1. The second-order valence-electron chi connectivity index (χ2n) is 6.05. The van der Waals surface area contributed by atoms with E-state index in [0.717, 1.165) is 36.0 Å². The van der Waals surface area contributed by atoms with E-state index < -0.39 is 0 Å². The van der Waals surface area contributed by atoms with Gasteiger partial charge in [0.15, 0.2) is 0 Å². The van der Waals surface area contributed by atoms with Crippen molar-refractivity contribution in [1.82, 2.24) is 9.97 Å². The van der Waals surface area contributed by atoms with Gasteiger partial charge in [0.2, 0.25) is 0 Å². The van der Waals surface area contributed by atoms with Crippen molar-refractivity contribution >= 4 is 11.6 Å². The summed E-state index contributed by atoms with van der Waals surface area (Å²) in [4.78, 5) is 9.30. The molecule has 1 rings (SSSR count). The van der Waals surface area contributed by atoms with Gasteiger partial charge in [-0.3, -0.25) is 0 Å². The predicted molar refractivity (Wildman–Crippen MR) is 84.4 cm³/mol. The van der Waals surface area contributed by atoms with Gasteiger partial charge in [-0.15, -0.1) is 0 Å². The summed E-state index contributed by atoms with van der Waals surface area (Å²) in [6.45, 7) is 12.3. The summed E-state index contributed by atoms with van der Waals surface area (Å²) >= 11 is 0. The second-order valence-corrected chi connectivity index (χ2v) is 6.05. The molecule has 0 unspecified atom stereocenters. The third-order valence-corrected chi connectivity index (χ3v) is 2.99. The van der Waals surface area contributed by atoms with Gasteiger partial charge in [0.05, 0.1) is 0 Å². The van der Waals surface area contributed by atoms with Crippen LogP contribution in [0.4, 0.5) is 11.6 Å². The van der Waals surface area contributed by atoms with Crippen molar-refractivity contribution in [1.29, 1.82) is 0 Å². The Bertz CT molecular complexity index is 427. The molecular formula is C15H28N4O. The molecule has 3 N–H and O–H groups in total. The first-order chi connectivity index (χ1) is 9.40. The first kappa shape index (κ1) is 16.7. The molecule has 1 heterocycles. The average Bonchev–Trinajstić information content (AvgIpc) is 2.38. The molecule has 0 spiro atoms. The largest absolute Gasteiger partial charge is 0.396 e. The van der Waals surface area contributed by atoms with E-state index >= 15 is 0 Å². The van der Waals surface area contributed by atoms with Crippen molar-refractivity contribution in [3.05, 3.63) is 11.4 Å². The molecule has 0 aromatic carbocycles. The minimum atomic E-state index is -0.0935. The number of rotatable bonds is 7. The van der Waals surface area contributed by atoms with E-state index in [1.54, 1.807) is 0 Å². The first-order valence-electron chi connectivity index (χ1n) is 7.37. The fourth-order valence-corrected chi connectivity index (χ4v) is 1.73. The Morgan fingerprint density at radius 2 is 1.60 bits per heavy atom. The van der Waals surface area contributed by atoms with E-state index in [9.17, 15) is 0 Å². The van der Waals surface area contributed by atoms with Gasteiger partial charge in [-0.05, 0) is 19.8 Å². The maximum Gasteiger partial charge on any atom is 0.138 e. The summed E-state index contributed by atoms with van der Waals surface area (Å²) in [6, 6.07) is 0. The molecule has 5 nitrogen and oxygen atoms in total. The second kappa shape index (κ2) is 7.43. The molecule has 114 valence electrons. The highest BCUT2D eigenvalue weighted by Crippen LogP contribution is 2.26. The monoisotopic (exact) mass is 280 g/mol. The lowest BCUT2D eigenvalue weighted by atomic mass is 9.95. The molecule has 0 fully saturated rings. The summed E-state index contributed by atoms with van der Waals surface area (Å²) in [7, 11) is 0. The van der Waals surface area contributed by atoms with Crippen LogP contribution in [0.1, 0.15) is 51.9 Å². The maximum atomic E-state index is 8.88. The molecular weight excluding hydrogens is 252 g/mol. The minimum absolute atomic E-state index is 0.0935. The molecule has 0 radical (unpaired) electrons. The molecule has 1 aromatic rings. The van der Waals surface area contributed by atoms with Gasteiger partial charge < -0.3 is 15.7 Å². The predicted octanol–water partition coefficient (Wildman–Crippen LogP) is 2.70.